The standard InChI is InChI=1S/C24H21N3O7/c1-12(2)19(27-21(29)14-6-4-5-7-15(14)22(27)30)24(32)34-11-18-25-17-10-13(23(31)33-3)8-9-16(17)20(28)26-18/h4-10,12,19H,11H2,1-3H3,(H,25,26,28)/t19-/m0/s1. The lowest BCUT2D eigenvalue weighted by Gasteiger charge is -2.27. The van der Waals surface area contributed by atoms with E-state index in [9.17, 15) is 24.0 Å². The number of benzene rings is 2. The first-order chi connectivity index (χ1) is 16.2. The normalized spacial score (nSPS) is 13.8. The number of aromatic amines is 1. The molecule has 1 aliphatic rings. The summed E-state index contributed by atoms with van der Waals surface area (Å²) in [6, 6.07) is 9.48. The molecule has 0 saturated carbocycles. The van der Waals surface area contributed by atoms with Crippen molar-refractivity contribution >= 4 is 34.7 Å². The highest BCUT2D eigenvalue weighted by Crippen LogP contribution is 2.27. The van der Waals surface area contributed by atoms with Crippen LogP contribution in [0.15, 0.2) is 47.3 Å². The van der Waals surface area contributed by atoms with Crippen LogP contribution in [0.25, 0.3) is 10.9 Å². The predicted molar refractivity (Wildman–Crippen MR) is 119 cm³/mol. The van der Waals surface area contributed by atoms with Gasteiger partial charge in [0, 0.05) is 0 Å². The molecule has 0 saturated heterocycles. The fourth-order valence-corrected chi connectivity index (χ4v) is 3.86. The Morgan fingerprint density at radius 1 is 1.03 bits per heavy atom. The highest BCUT2D eigenvalue weighted by atomic mass is 16.5. The molecule has 0 bridgehead atoms. The highest BCUT2D eigenvalue weighted by molar-refractivity contribution is 6.22. The topological polar surface area (TPSA) is 136 Å². The van der Waals surface area contributed by atoms with Crippen molar-refractivity contribution in [2.45, 2.75) is 26.5 Å². The summed E-state index contributed by atoms with van der Waals surface area (Å²) in [6.07, 6.45) is 0. The van der Waals surface area contributed by atoms with Crippen LogP contribution in [0.5, 0.6) is 0 Å². The molecule has 3 aromatic rings. The molecule has 10 heteroatoms. The second kappa shape index (κ2) is 8.89. The van der Waals surface area contributed by atoms with Crippen molar-refractivity contribution in [2.75, 3.05) is 7.11 Å². The van der Waals surface area contributed by atoms with Crippen LogP contribution in [-0.4, -0.2) is 51.8 Å². The molecule has 1 atom stereocenters. The van der Waals surface area contributed by atoms with Gasteiger partial charge >= 0.3 is 11.9 Å². The molecule has 0 spiro atoms. The summed E-state index contributed by atoms with van der Waals surface area (Å²) in [5.74, 6) is -2.92. The van der Waals surface area contributed by atoms with E-state index >= 15 is 0 Å². The molecular formula is C24H21N3O7. The van der Waals surface area contributed by atoms with Gasteiger partial charge in [-0.1, -0.05) is 26.0 Å². The Kier molecular flexibility index (Phi) is 5.97. The van der Waals surface area contributed by atoms with Gasteiger partial charge in [-0.15, -0.1) is 0 Å². The largest absolute Gasteiger partial charge is 0.465 e. The maximum Gasteiger partial charge on any atom is 0.337 e. The average Bonchev–Trinajstić information content (AvgIpc) is 3.07. The quantitative estimate of drug-likeness (QED) is 0.433. The van der Waals surface area contributed by atoms with Gasteiger partial charge in [0.15, 0.2) is 0 Å². The number of amides is 2. The summed E-state index contributed by atoms with van der Waals surface area (Å²) >= 11 is 0. The third-order valence-corrected chi connectivity index (χ3v) is 5.50. The van der Waals surface area contributed by atoms with Crippen molar-refractivity contribution in [3.05, 3.63) is 75.3 Å². The number of methoxy groups -OCH3 is 1. The molecule has 4 rings (SSSR count). The second-order valence-electron chi connectivity index (χ2n) is 8.06. The molecule has 1 aromatic heterocycles. The smallest absolute Gasteiger partial charge is 0.337 e. The summed E-state index contributed by atoms with van der Waals surface area (Å²) in [4.78, 5) is 70.5. The molecule has 1 aliphatic heterocycles. The Balaban J connectivity index is 1.57. The molecule has 0 aliphatic carbocycles. The Hall–Kier alpha value is -4.34. The summed E-state index contributed by atoms with van der Waals surface area (Å²) in [5.41, 5.74) is 0.411. The number of rotatable bonds is 6. The van der Waals surface area contributed by atoms with E-state index in [-0.39, 0.29) is 33.4 Å². The second-order valence-corrected chi connectivity index (χ2v) is 8.06. The number of H-pyrrole nitrogens is 1. The Morgan fingerprint density at radius 2 is 1.68 bits per heavy atom. The molecule has 10 nitrogen and oxygen atoms in total. The van der Waals surface area contributed by atoms with Gasteiger partial charge in [0.25, 0.3) is 17.4 Å². The van der Waals surface area contributed by atoms with Crippen LogP contribution >= 0.6 is 0 Å². The molecule has 0 radical (unpaired) electrons. The van der Waals surface area contributed by atoms with E-state index in [0.29, 0.717) is 0 Å². The van der Waals surface area contributed by atoms with Crippen molar-refractivity contribution in [2.24, 2.45) is 5.92 Å². The van der Waals surface area contributed by atoms with Gasteiger partial charge in [-0.3, -0.25) is 19.3 Å². The molecule has 0 fully saturated rings. The van der Waals surface area contributed by atoms with Crippen molar-refractivity contribution in [3.63, 3.8) is 0 Å². The van der Waals surface area contributed by atoms with Gasteiger partial charge in [-0.2, -0.15) is 0 Å². The molecule has 2 heterocycles. The number of imide groups is 1. The van der Waals surface area contributed by atoms with E-state index in [1.165, 1.54) is 37.4 Å². The number of hydrogen-bond donors (Lipinski definition) is 1. The number of aromatic nitrogens is 2. The average molecular weight is 463 g/mol. The first-order valence-corrected chi connectivity index (χ1v) is 10.5. The van der Waals surface area contributed by atoms with Crippen LogP contribution in [0, 0.1) is 5.92 Å². The predicted octanol–water partition coefficient (Wildman–Crippen LogP) is 2.07. The lowest BCUT2D eigenvalue weighted by molar-refractivity contribution is -0.151. The lowest BCUT2D eigenvalue weighted by atomic mass is 10.0. The van der Waals surface area contributed by atoms with Crippen LogP contribution in [0.3, 0.4) is 0 Å². The third kappa shape index (κ3) is 3.94. The van der Waals surface area contributed by atoms with Crippen LogP contribution in [-0.2, 0) is 20.9 Å². The van der Waals surface area contributed by atoms with Gasteiger partial charge in [-0.05, 0) is 36.2 Å². The van der Waals surface area contributed by atoms with E-state index in [4.69, 9.17) is 4.74 Å². The monoisotopic (exact) mass is 463 g/mol. The minimum absolute atomic E-state index is 0.0396. The number of fused-ring (bicyclic) bond motifs is 2. The number of hydrogen-bond acceptors (Lipinski definition) is 8. The van der Waals surface area contributed by atoms with Crippen LogP contribution in [0.1, 0.15) is 50.7 Å². The number of ether oxygens (including phenoxy) is 2. The highest BCUT2D eigenvalue weighted by Gasteiger charge is 2.44. The first-order valence-electron chi connectivity index (χ1n) is 10.5. The van der Waals surface area contributed by atoms with Crippen molar-refractivity contribution in [3.8, 4) is 0 Å². The molecule has 2 amide bonds. The molecular weight excluding hydrogens is 442 g/mol. The van der Waals surface area contributed by atoms with Crippen LogP contribution in [0.4, 0.5) is 0 Å². The Labute approximate surface area is 193 Å². The summed E-state index contributed by atoms with van der Waals surface area (Å²) in [7, 11) is 1.24. The zero-order valence-electron chi connectivity index (χ0n) is 18.7. The van der Waals surface area contributed by atoms with Gasteiger partial charge in [0.2, 0.25) is 0 Å². The summed E-state index contributed by atoms with van der Waals surface area (Å²) in [6.45, 7) is 2.98. The Morgan fingerprint density at radius 3 is 2.26 bits per heavy atom. The van der Waals surface area contributed by atoms with Gasteiger partial charge in [-0.25, -0.2) is 14.6 Å². The van der Waals surface area contributed by atoms with E-state index < -0.39 is 47.9 Å². The van der Waals surface area contributed by atoms with Crippen molar-refractivity contribution < 1.29 is 28.7 Å². The van der Waals surface area contributed by atoms with Gasteiger partial charge in [0.1, 0.15) is 18.5 Å². The molecule has 34 heavy (non-hydrogen) atoms. The molecule has 0 unspecified atom stereocenters. The SMILES string of the molecule is COC(=O)c1ccc2c(=O)[nH]c(COC(=O)[C@H](C(C)C)N3C(=O)c4ccccc4C3=O)nc2c1. The van der Waals surface area contributed by atoms with Crippen molar-refractivity contribution in [1.82, 2.24) is 14.9 Å². The molecule has 1 N–H and O–H groups in total. The minimum Gasteiger partial charge on any atom is -0.465 e. The summed E-state index contributed by atoms with van der Waals surface area (Å²) in [5, 5.41) is 0.244. The van der Waals surface area contributed by atoms with E-state index in [1.807, 2.05) is 0 Å². The van der Waals surface area contributed by atoms with Crippen LogP contribution in [0.2, 0.25) is 0 Å². The third-order valence-electron chi connectivity index (χ3n) is 5.50. The fraction of sp³-hybridized carbons (Fsp3) is 0.250. The number of nitrogens with one attached hydrogen (secondary N) is 1. The Bertz CT molecular complexity index is 1360. The van der Waals surface area contributed by atoms with E-state index in [1.54, 1.807) is 26.0 Å². The number of esters is 2. The first kappa shape index (κ1) is 22.8. The zero-order valence-corrected chi connectivity index (χ0v) is 18.7. The van der Waals surface area contributed by atoms with Crippen molar-refractivity contribution in [1.29, 1.82) is 0 Å². The van der Waals surface area contributed by atoms with E-state index in [0.717, 1.165) is 4.90 Å². The number of carbonyl (C=O) groups excluding carboxylic acids is 4. The molecule has 2 aromatic carbocycles. The number of carbonyl (C=O) groups is 4. The number of nitrogens with zero attached hydrogens (tertiary/aromatic N) is 2. The minimum atomic E-state index is -1.16. The fourth-order valence-electron chi connectivity index (χ4n) is 3.86. The van der Waals surface area contributed by atoms with E-state index in [2.05, 4.69) is 14.7 Å². The van der Waals surface area contributed by atoms with Crippen LogP contribution < -0.4 is 5.56 Å². The van der Waals surface area contributed by atoms with Gasteiger partial charge in [0.05, 0.1) is 34.7 Å². The maximum absolute atomic E-state index is 13.0. The molecule has 174 valence electrons. The maximum atomic E-state index is 13.0. The lowest BCUT2D eigenvalue weighted by Crippen LogP contribution is -2.48. The van der Waals surface area contributed by atoms with Gasteiger partial charge < -0.3 is 14.5 Å². The summed E-state index contributed by atoms with van der Waals surface area (Å²) < 4.78 is 10.0. The zero-order chi connectivity index (χ0) is 24.6.